The number of hydrogen-bond acceptors (Lipinski definition) is 10. The summed E-state index contributed by atoms with van der Waals surface area (Å²) in [6, 6.07) is 25.5. The van der Waals surface area contributed by atoms with Gasteiger partial charge in [0.2, 0.25) is 0 Å². The number of hydrogen-bond donors (Lipinski definition) is 2. The van der Waals surface area contributed by atoms with Crippen molar-refractivity contribution < 1.29 is 57.0 Å². The highest BCUT2D eigenvalue weighted by Crippen LogP contribution is 2.29. The highest BCUT2D eigenvalue weighted by molar-refractivity contribution is 5.96. The quantitative estimate of drug-likeness (QED) is 0.271. The molecule has 4 aromatic rings. The Kier molecular flexibility index (Phi) is 10.9. The van der Waals surface area contributed by atoms with E-state index >= 15 is 0 Å². The Morgan fingerprint density at radius 2 is 1.22 bits per heavy atom. The average Bonchev–Trinajstić information content (AvgIpc) is 3.55. The first-order valence-corrected chi connectivity index (χ1v) is 14.5. The van der Waals surface area contributed by atoms with Gasteiger partial charge in [-0.25, -0.2) is 18.4 Å². The molecule has 0 saturated carbocycles. The van der Waals surface area contributed by atoms with E-state index in [1.807, 2.05) is 54.6 Å². The van der Waals surface area contributed by atoms with Gasteiger partial charge in [-0.15, -0.1) is 0 Å². The van der Waals surface area contributed by atoms with Crippen molar-refractivity contribution in [3.05, 3.63) is 96.1 Å². The predicted octanol–water partition coefficient (Wildman–Crippen LogP) is 4.13. The van der Waals surface area contributed by atoms with Crippen LogP contribution in [0.3, 0.4) is 0 Å². The van der Waals surface area contributed by atoms with E-state index in [-0.39, 0.29) is 12.2 Å². The summed E-state index contributed by atoms with van der Waals surface area (Å²) in [6.45, 7) is -0.705. The SMILES string of the molecule is COC1O[C@H](CO)[C@@H](O)[C@@H]1F.COC1O[C@H](COC(=O)c2ccc3ccccc3c2)[C@@H](OC(=O)c2ccc3ccccc3c2)[C@@H]1F. The molecule has 2 aliphatic heterocycles. The molecule has 2 saturated heterocycles. The van der Waals surface area contributed by atoms with Gasteiger partial charge in [-0.2, -0.15) is 0 Å². The first kappa shape index (κ1) is 33.3. The molecule has 0 spiro atoms. The second kappa shape index (κ2) is 15.0. The molecule has 2 N–H and O–H groups in total. The van der Waals surface area contributed by atoms with Gasteiger partial charge in [0.05, 0.1) is 17.7 Å². The minimum Gasteiger partial charge on any atom is -0.459 e. The van der Waals surface area contributed by atoms with Crippen LogP contribution in [0.15, 0.2) is 84.9 Å². The van der Waals surface area contributed by atoms with Crippen molar-refractivity contribution in [2.45, 2.75) is 49.3 Å². The number of aliphatic hydroxyl groups excluding tert-OH is 2. The van der Waals surface area contributed by atoms with Crippen LogP contribution < -0.4 is 0 Å². The Hall–Kier alpha value is -4.04. The molecule has 46 heavy (non-hydrogen) atoms. The van der Waals surface area contributed by atoms with Crippen LogP contribution >= 0.6 is 0 Å². The van der Waals surface area contributed by atoms with Gasteiger partial charge < -0.3 is 38.6 Å². The molecule has 244 valence electrons. The lowest BCUT2D eigenvalue weighted by Crippen LogP contribution is -2.37. The summed E-state index contributed by atoms with van der Waals surface area (Å²) in [5, 5.41) is 21.3. The van der Waals surface area contributed by atoms with E-state index in [4.69, 9.17) is 33.9 Å². The third-order valence-corrected chi connectivity index (χ3v) is 7.76. The molecule has 0 aromatic heterocycles. The molecule has 10 nitrogen and oxygen atoms in total. The Morgan fingerprint density at radius 3 is 1.72 bits per heavy atom. The average molecular weight is 641 g/mol. The normalized spacial score (nSPS) is 27.3. The summed E-state index contributed by atoms with van der Waals surface area (Å²) in [5.74, 6) is -1.29. The van der Waals surface area contributed by atoms with E-state index in [1.165, 1.54) is 14.2 Å². The highest BCUT2D eigenvalue weighted by atomic mass is 19.1. The minimum atomic E-state index is -1.74. The second-order valence-electron chi connectivity index (χ2n) is 10.7. The molecule has 2 fully saturated rings. The van der Waals surface area contributed by atoms with Crippen molar-refractivity contribution in [2.24, 2.45) is 0 Å². The maximum absolute atomic E-state index is 15.0. The Morgan fingerprint density at radius 1 is 0.717 bits per heavy atom. The van der Waals surface area contributed by atoms with Crippen molar-refractivity contribution in [1.29, 1.82) is 0 Å². The van der Waals surface area contributed by atoms with Crippen molar-refractivity contribution in [3.8, 4) is 0 Å². The minimum absolute atomic E-state index is 0.281. The van der Waals surface area contributed by atoms with Gasteiger partial charge in [-0.05, 0) is 45.8 Å². The van der Waals surface area contributed by atoms with Gasteiger partial charge in [-0.1, -0.05) is 60.7 Å². The van der Waals surface area contributed by atoms with Crippen LogP contribution in [0, 0.1) is 0 Å². The molecule has 0 radical (unpaired) electrons. The van der Waals surface area contributed by atoms with E-state index in [0.717, 1.165) is 21.5 Å². The Labute approximate surface area is 263 Å². The van der Waals surface area contributed by atoms with Crippen LogP contribution in [0.4, 0.5) is 8.78 Å². The van der Waals surface area contributed by atoms with E-state index in [9.17, 15) is 18.4 Å². The third kappa shape index (κ3) is 7.33. The fourth-order valence-corrected chi connectivity index (χ4v) is 5.24. The summed E-state index contributed by atoms with van der Waals surface area (Å²) in [4.78, 5) is 25.5. The zero-order chi connectivity index (χ0) is 32.8. The number of esters is 2. The summed E-state index contributed by atoms with van der Waals surface area (Å²) in [6.07, 6.45) is -10.1. The van der Waals surface area contributed by atoms with E-state index in [1.54, 1.807) is 30.3 Å². The summed E-state index contributed by atoms with van der Waals surface area (Å²) in [5.41, 5.74) is 0.634. The summed E-state index contributed by atoms with van der Waals surface area (Å²) < 4.78 is 58.6. The van der Waals surface area contributed by atoms with E-state index in [0.29, 0.717) is 5.56 Å². The van der Waals surface area contributed by atoms with E-state index < -0.39 is 67.9 Å². The largest absolute Gasteiger partial charge is 0.459 e. The lowest BCUT2D eigenvalue weighted by atomic mass is 10.1. The number of benzene rings is 4. The number of rotatable bonds is 8. The molecule has 0 amide bonds. The molecule has 12 heteroatoms. The molecule has 8 atom stereocenters. The van der Waals surface area contributed by atoms with Crippen LogP contribution in [0.5, 0.6) is 0 Å². The molecular formula is C34H34F2O10. The smallest absolute Gasteiger partial charge is 0.338 e. The van der Waals surface area contributed by atoms with Crippen molar-refractivity contribution in [2.75, 3.05) is 27.4 Å². The van der Waals surface area contributed by atoms with Crippen LogP contribution in [0.1, 0.15) is 20.7 Å². The first-order valence-electron chi connectivity index (χ1n) is 14.5. The number of halogens is 2. The maximum Gasteiger partial charge on any atom is 0.338 e. The number of alkyl halides is 2. The van der Waals surface area contributed by atoms with Gasteiger partial charge in [-0.3, -0.25) is 0 Å². The molecule has 2 aliphatic rings. The third-order valence-electron chi connectivity index (χ3n) is 7.76. The van der Waals surface area contributed by atoms with Gasteiger partial charge in [0.15, 0.2) is 31.0 Å². The fourth-order valence-electron chi connectivity index (χ4n) is 5.24. The van der Waals surface area contributed by atoms with E-state index in [2.05, 4.69) is 4.74 Å². The lowest BCUT2D eigenvalue weighted by Gasteiger charge is -2.19. The maximum atomic E-state index is 15.0. The summed E-state index contributed by atoms with van der Waals surface area (Å²) >= 11 is 0. The topological polar surface area (TPSA) is 130 Å². The van der Waals surface area contributed by atoms with Crippen LogP contribution in [-0.2, 0) is 28.4 Å². The molecule has 0 aliphatic carbocycles. The number of methoxy groups -OCH3 is 2. The standard InChI is InChI=1S/C28H23FO6.C6H11FO4/c1-32-28-24(29)25(35-27(31)22-13-11-18-7-3-5-9-20(18)15-22)23(34-28)16-33-26(30)21-12-10-17-6-2-4-8-19(17)14-21;1-10-6-4(7)5(9)3(2-8)11-6/h2-15,23-25,28H,16H2,1H3;3-6,8-9H,2H2,1H3/t23-,24+,25-,28?;3-,4+,5-,6?/m11/s1. The van der Waals surface area contributed by atoms with Crippen LogP contribution in [-0.4, -0.2) is 98.9 Å². The Bertz CT molecular complexity index is 1630. The van der Waals surface area contributed by atoms with Crippen molar-refractivity contribution in [3.63, 3.8) is 0 Å². The zero-order valence-electron chi connectivity index (χ0n) is 25.0. The monoisotopic (exact) mass is 640 g/mol. The molecule has 4 aromatic carbocycles. The lowest BCUT2D eigenvalue weighted by molar-refractivity contribution is -0.142. The number of carbonyl (C=O) groups excluding carboxylic acids is 2. The van der Waals surface area contributed by atoms with Gasteiger partial charge in [0, 0.05) is 14.2 Å². The molecular weight excluding hydrogens is 606 g/mol. The van der Waals surface area contributed by atoms with Gasteiger partial charge in [0.1, 0.15) is 24.9 Å². The number of carbonyl (C=O) groups is 2. The van der Waals surface area contributed by atoms with Gasteiger partial charge >= 0.3 is 11.9 Å². The second-order valence-corrected chi connectivity index (χ2v) is 10.7. The molecule has 6 rings (SSSR count). The summed E-state index contributed by atoms with van der Waals surface area (Å²) in [7, 11) is 2.58. The molecule has 2 unspecified atom stereocenters. The van der Waals surface area contributed by atoms with Gasteiger partial charge in [0.25, 0.3) is 0 Å². The molecule has 2 heterocycles. The van der Waals surface area contributed by atoms with Crippen molar-refractivity contribution >= 4 is 33.5 Å². The highest BCUT2D eigenvalue weighted by Gasteiger charge is 2.49. The number of fused-ring (bicyclic) bond motifs is 2. The zero-order valence-corrected chi connectivity index (χ0v) is 25.0. The van der Waals surface area contributed by atoms with Crippen molar-refractivity contribution in [1.82, 2.24) is 0 Å². The number of aliphatic hydroxyl groups is 2. The molecule has 0 bridgehead atoms. The first-order chi connectivity index (χ1) is 22.2. The Balaban J connectivity index is 0.000000322. The van der Waals surface area contributed by atoms with Crippen LogP contribution in [0.25, 0.3) is 21.5 Å². The predicted molar refractivity (Wildman–Crippen MR) is 162 cm³/mol. The number of ether oxygens (including phenoxy) is 6. The fraction of sp³-hybridized carbons (Fsp3) is 0.353. The van der Waals surface area contributed by atoms with Crippen LogP contribution in [0.2, 0.25) is 0 Å².